The summed E-state index contributed by atoms with van der Waals surface area (Å²) in [4.78, 5) is 26.1. The van der Waals surface area contributed by atoms with Crippen LogP contribution in [0.5, 0.6) is 0 Å². The van der Waals surface area contributed by atoms with Crippen LogP contribution in [0, 0.1) is 5.82 Å². The number of amides is 2. The van der Waals surface area contributed by atoms with Gasteiger partial charge in [-0.3, -0.25) is 9.59 Å². The van der Waals surface area contributed by atoms with Gasteiger partial charge in [-0.1, -0.05) is 57.2 Å². The van der Waals surface area contributed by atoms with Gasteiger partial charge in [0.1, 0.15) is 11.9 Å². The van der Waals surface area contributed by atoms with E-state index in [2.05, 4.69) is 10.6 Å². The molecule has 6 nitrogen and oxygen atoms in total. The van der Waals surface area contributed by atoms with Crippen LogP contribution in [-0.4, -0.2) is 31.1 Å². The summed E-state index contributed by atoms with van der Waals surface area (Å²) in [5.41, 5.74) is 3.14. The topological polar surface area (TPSA) is 76.7 Å². The Labute approximate surface area is 206 Å². The third-order valence-electron chi connectivity index (χ3n) is 6.09. The van der Waals surface area contributed by atoms with Crippen molar-refractivity contribution < 1.29 is 23.5 Å². The molecule has 3 rings (SSSR count). The van der Waals surface area contributed by atoms with Crippen molar-refractivity contribution in [3.63, 3.8) is 0 Å². The molecule has 2 amide bonds. The van der Waals surface area contributed by atoms with Gasteiger partial charge in [0.25, 0.3) is 5.91 Å². The van der Waals surface area contributed by atoms with Crippen LogP contribution in [0.25, 0.3) is 0 Å². The van der Waals surface area contributed by atoms with Gasteiger partial charge in [-0.05, 0) is 53.7 Å². The monoisotopic (exact) mass is 482 g/mol. The molecule has 188 valence electrons. The van der Waals surface area contributed by atoms with Crippen LogP contribution in [0.3, 0.4) is 0 Å². The van der Waals surface area contributed by atoms with Crippen molar-refractivity contribution in [3.05, 3.63) is 76.6 Å². The Morgan fingerprint density at radius 2 is 1.83 bits per heavy atom. The first-order valence-electron chi connectivity index (χ1n) is 11.8. The molecule has 0 bridgehead atoms. The molecule has 1 aliphatic heterocycles. The number of rotatable bonds is 8. The minimum Gasteiger partial charge on any atom is -0.380 e. The number of hydrogen-bond donors (Lipinski definition) is 2. The Balaban J connectivity index is 1.79. The van der Waals surface area contributed by atoms with Gasteiger partial charge in [0, 0.05) is 12.8 Å². The second-order valence-electron chi connectivity index (χ2n) is 10.0. The highest BCUT2D eigenvalue weighted by Crippen LogP contribution is 2.28. The van der Waals surface area contributed by atoms with Gasteiger partial charge in [-0.25, -0.2) is 4.39 Å². The van der Waals surface area contributed by atoms with Crippen LogP contribution in [0.15, 0.2) is 54.1 Å². The summed E-state index contributed by atoms with van der Waals surface area (Å²) >= 11 is 0. The van der Waals surface area contributed by atoms with E-state index >= 15 is 0 Å². The van der Waals surface area contributed by atoms with Crippen molar-refractivity contribution in [2.45, 2.75) is 71.3 Å². The molecule has 35 heavy (non-hydrogen) atoms. The fraction of sp³-hybridized carbons (Fsp3) is 0.429. The zero-order chi connectivity index (χ0) is 25.8. The fourth-order valence-electron chi connectivity index (χ4n) is 4.04. The minimum atomic E-state index is -0.964. The lowest BCUT2D eigenvalue weighted by Gasteiger charge is -2.22. The van der Waals surface area contributed by atoms with E-state index in [1.807, 2.05) is 52.8 Å². The zero-order valence-corrected chi connectivity index (χ0v) is 21.3. The number of benzene rings is 2. The number of anilines is 1. The molecule has 0 saturated carbocycles. The molecular weight excluding hydrogens is 447 g/mol. The second-order valence-corrected chi connectivity index (χ2v) is 10.0. The van der Waals surface area contributed by atoms with E-state index < -0.39 is 17.8 Å². The maximum Gasteiger partial charge on any atom is 0.251 e. The molecule has 0 spiro atoms. The molecule has 2 aromatic carbocycles. The van der Waals surface area contributed by atoms with E-state index in [-0.39, 0.29) is 30.0 Å². The summed E-state index contributed by atoms with van der Waals surface area (Å²) in [5, 5.41) is 5.58. The molecule has 0 aliphatic carbocycles. The first kappa shape index (κ1) is 26.6. The third-order valence-corrected chi connectivity index (χ3v) is 6.09. The average molecular weight is 483 g/mol. The van der Waals surface area contributed by atoms with E-state index in [9.17, 15) is 14.0 Å². The molecule has 0 radical (unpaired) electrons. The van der Waals surface area contributed by atoms with Gasteiger partial charge in [0.2, 0.25) is 5.91 Å². The van der Waals surface area contributed by atoms with Crippen molar-refractivity contribution in [2.75, 3.05) is 12.4 Å². The van der Waals surface area contributed by atoms with E-state index in [1.54, 1.807) is 31.4 Å². The fourth-order valence-corrected chi connectivity index (χ4v) is 4.04. The lowest BCUT2D eigenvalue weighted by atomic mass is 9.86. The van der Waals surface area contributed by atoms with Gasteiger partial charge in [0.05, 0.1) is 25.2 Å². The number of nitrogens with one attached hydrogen (secondary N) is 2. The van der Waals surface area contributed by atoms with E-state index in [4.69, 9.17) is 9.47 Å². The Morgan fingerprint density at radius 3 is 2.37 bits per heavy atom. The number of hydrogen-bond acceptors (Lipinski definition) is 4. The summed E-state index contributed by atoms with van der Waals surface area (Å²) < 4.78 is 25.6. The Hall–Kier alpha value is -3.03. The molecule has 1 heterocycles. The highest BCUT2D eigenvalue weighted by Gasteiger charge is 2.27. The molecular formula is C28H35FN2O4. The van der Waals surface area contributed by atoms with Crippen LogP contribution >= 0.6 is 0 Å². The first-order valence-corrected chi connectivity index (χ1v) is 11.8. The SMILES string of the molecule is COCc1ccc(C(NC(=O)CC2C=C(C)C(C)O2)C(=O)Nc2ccc(C(C)(C)C)c(F)c2)cc1. The van der Waals surface area contributed by atoms with Gasteiger partial charge in [-0.2, -0.15) is 0 Å². The summed E-state index contributed by atoms with van der Waals surface area (Å²) in [6, 6.07) is 10.9. The standard InChI is InChI=1S/C28H35FN2O4/c1-17-13-22(35-18(17)2)15-25(32)31-26(20-9-7-19(8-10-20)16-34-6)27(33)30-21-11-12-23(24(29)14-21)28(3,4)5/h7-14,18,22,26H,15-16H2,1-6H3,(H,30,33)(H,31,32). The maximum absolute atomic E-state index is 14.7. The van der Waals surface area contributed by atoms with E-state index in [0.717, 1.165) is 11.1 Å². The molecule has 0 fully saturated rings. The number of methoxy groups -OCH3 is 1. The summed E-state index contributed by atoms with van der Waals surface area (Å²) in [5.74, 6) is -1.17. The number of carbonyl (C=O) groups is 2. The van der Waals surface area contributed by atoms with Crippen LogP contribution in [-0.2, 0) is 31.1 Å². The molecule has 1 aliphatic rings. The lowest BCUT2D eigenvalue weighted by molar-refractivity contribution is -0.128. The normalized spacial score (nSPS) is 18.7. The molecule has 7 heteroatoms. The quantitative estimate of drug-likeness (QED) is 0.508. The molecule has 0 saturated heterocycles. The maximum atomic E-state index is 14.7. The first-order chi connectivity index (χ1) is 16.5. The van der Waals surface area contributed by atoms with Gasteiger partial charge < -0.3 is 20.1 Å². The number of halogens is 1. The Bertz CT molecular complexity index is 1090. The molecule has 0 aromatic heterocycles. The van der Waals surface area contributed by atoms with Gasteiger partial charge in [0.15, 0.2) is 0 Å². The third kappa shape index (κ3) is 6.99. The van der Waals surface area contributed by atoms with E-state index in [0.29, 0.717) is 23.4 Å². The largest absolute Gasteiger partial charge is 0.380 e. The lowest BCUT2D eigenvalue weighted by Crippen LogP contribution is -2.38. The molecule has 3 unspecified atom stereocenters. The van der Waals surface area contributed by atoms with Crippen LogP contribution < -0.4 is 10.6 Å². The Morgan fingerprint density at radius 1 is 1.14 bits per heavy atom. The second kappa shape index (κ2) is 11.1. The summed E-state index contributed by atoms with van der Waals surface area (Å²) in [6.07, 6.45) is 1.66. The smallest absolute Gasteiger partial charge is 0.251 e. The van der Waals surface area contributed by atoms with Gasteiger partial charge >= 0.3 is 0 Å². The average Bonchev–Trinajstić information content (AvgIpc) is 3.08. The van der Waals surface area contributed by atoms with Crippen LogP contribution in [0.1, 0.15) is 63.8 Å². The predicted molar refractivity (Wildman–Crippen MR) is 134 cm³/mol. The number of ether oxygens (including phenoxy) is 2. The molecule has 3 atom stereocenters. The highest BCUT2D eigenvalue weighted by atomic mass is 19.1. The van der Waals surface area contributed by atoms with Crippen LogP contribution in [0.2, 0.25) is 0 Å². The summed E-state index contributed by atoms with van der Waals surface area (Å²) in [6.45, 7) is 10.1. The highest BCUT2D eigenvalue weighted by molar-refractivity contribution is 5.98. The predicted octanol–water partition coefficient (Wildman–Crippen LogP) is 5.19. The molecule has 2 aromatic rings. The Kier molecular flexibility index (Phi) is 8.46. The van der Waals surface area contributed by atoms with Gasteiger partial charge in [-0.15, -0.1) is 0 Å². The molecule has 2 N–H and O–H groups in total. The minimum absolute atomic E-state index is 0.0359. The van der Waals surface area contributed by atoms with Crippen molar-refractivity contribution in [2.24, 2.45) is 0 Å². The van der Waals surface area contributed by atoms with Crippen molar-refractivity contribution in [3.8, 4) is 0 Å². The zero-order valence-electron chi connectivity index (χ0n) is 21.3. The van der Waals surface area contributed by atoms with Crippen molar-refractivity contribution in [1.82, 2.24) is 5.32 Å². The van der Waals surface area contributed by atoms with Crippen molar-refractivity contribution >= 4 is 17.5 Å². The van der Waals surface area contributed by atoms with Crippen LogP contribution in [0.4, 0.5) is 10.1 Å². The number of carbonyl (C=O) groups excluding carboxylic acids is 2. The van der Waals surface area contributed by atoms with E-state index in [1.165, 1.54) is 6.07 Å². The summed E-state index contributed by atoms with van der Waals surface area (Å²) in [7, 11) is 1.61. The van der Waals surface area contributed by atoms with Crippen molar-refractivity contribution in [1.29, 1.82) is 0 Å².